The quantitative estimate of drug-likeness (QED) is 0.705. The van der Waals surface area contributed by atoms with Gasteiger partial charge in [-0.25, -0.2) is 0 Å². The molecule has 0 aromatic heterocycles. The zero-order chi connectivity index (χ0) is 9.80. The maximum absolute atomic E-state index is 10.9. The van der Waals surface area contributed by atoms with Crippen LogP contribution in [0.3, 0.4) is 0 Å². The number of benzene rings is 1. The Bertz CT molecular complexity index is 300. The van der Waals surface area contributed by atoms with Gasteiger partial charge in [0.25, 0.3) is 0 Å². The van der Waals surface area contributed by atoms with E-state index in [0.29, 0.717) is 12.6 Å². The fraction of sp³-hybridized carbons (Fsp3) is 0.364. The van der Waals surface area contributed by atoms with Gasteiger partial charge in [0.05, 0.1) is 6.54 Å². The molecule has 1 aliphatic rings. The highest BCUT2D eigenvalue weighted by Gasteiger charge is 2.16. The molecule has 0 radical (unpaired) electrons. The van der Waals surface area contributed by atoms with E-state index in [-0.39, 0.29) is 5.91 Å². The molecule has 0 bridgehead atoms. The molecule has 3 heteroatoms. The van der Waals surface area contributed by atoms with E-state index < -0.39 is 0 Å². The molecule has 74 valence electrons. The number of amides is 1. The first-order valence-corrected chi connectivity index (χ1v) is 4.88. The van der Waals surface area contributed by atoms with Crippen molar-refractivity contribution in [3.63, 3.8) is 0 Å². The Balaban J connectivity index is 1.89. The molecule has 1 aromatic carbocycles. The van der Waals surface area contributed by atoms with Crippen LogP contribution in [-0.2, 0) is 11.2 Å². The third kappa shape index (κ3) is 2.33. The molecule has 0 spiro atoms. The minimum absolute atomic E-state index is 0.0920. The van der Waals surface area contributed by atoms with Crippen LogP contribution < -0.4 is 10.6 Å². The Hall–Kier alpha value is -1.35. The molecular formula is C11H14N2O. The molecule has 1 saturated heterocycles. The molecule has 2 N–H and O–H groups in total. The van der Waals surface area contributed by atoms with Gasteiger partial charge in [-0.15, -0.1) is 0 Å². The molecule has 3 nitrogen and oxygen atoms in total. The second kappa shape index (κ2) is 4.24. The first-order valence-electron chi connectivity index (χ1n) is 4.88. The Kier molecular flexibility index (Phi) is 2.79. The summed E-state index contributed by atoms with van der Waals surface area (Å²) in [4.78, 5) is 10.9. The van der Waals surface area contributed by atoms with Gasteiger partial charge in [0.15, 0.2) is 0 Å². The molecule has 0 saturated carbocycles. The lowest BCUT2D eigenvalue weighted by molar-refractivity contribution is -0.121. The van der Waals surface area contributed by atoms with Gasteiger partial charge >= 0.3 is 0 Å². The van der Waals surface area contributed by atoms with Gasteiger partial charge in [0.1, 0.15) is 0 Å². The number of rotatable bonds is 2. The number of nitrogens with one attached hydrogen (secondary N) is 2. The van der Waals surface area contributed by atoms with Crippen LogP contribution in [0.25, 0.3) is 0 Å². The topological polar surface area (TPSA) is 41.1 Å². The lowest BCUT2D eigenvalue weighted by Crippen LogP contribution is -2.52. The summed E-state index contributed by atoms with van der Waals surface area (Å²) in [6, 6.07) is 10.7. The summed E-state index contributed by atoms with van der Waals surface area (Å²) in [5.74, 6) is 0.0920. The molecule has 1 fully saturated rings. The fourth-order valence-electron chi connectivity index (χ4n) is 1.65. The van der Waals surface area contributed by atoms with Crippen molar-refractivity contribution in [2.24, 2.45) is 0 Å². The molecule has 2 rings (SSSR count). The molecule has 1 amide bonds. The van der Waals surface area contributed by atoms with Gasteiger partial charge < -0.3 is 10.6 Å². The van der Waals surface area contributed by atoms with Gasteiger partial charge in [-0.1, -0.05) is 30.3 Å². The Morgan fingerprint density at radius 1 is 1.29 bits per heavy atom. The highest BCUT2D eigenvalue weighted by molar-refractivity contribution is 5.78. The van der Waals surface area contributed by atoms with E-state index in [0.717, 1.165) is 13.0 Å². The zero-order valence-electron chi connectivity index (χ0n) is 7.99. The monoisotopic (exact) mass is 190 g/mol. The van der Waals surface area contributed by atoms with Gasteiger partial charge in [-0.2, -0.15) is 0 Å². The predicted octanol–water partition coefficient (Wildman–Crippen LogP) is 0.317. The summed E-state index contributed by atoms with van der Waals surface area (Å²) in [7, 11) is 0. The zero-order valence-corrected chi connectivity index (χ0v) is 7.99. The summed E-state index contributed by atoms with van der Waals surface area (Å²) in [5.41, 5.74) is 1.31. The van der Waals surface area contributed by atoms with E-state index in [2.05, 4.69) is 22.8 Å². The Morgan fingerprint density at radius 2 is 2.07 bits per heavy atom. The Morgan fingerprint density at radius 3 is 2.71 bits per heavy atom. The number of hydrogen-bond acceptors (Lipinski definition) is 2. The maximum atomic E-state index is 10.9. The average molecular weight is 190 g/mol. The van der Waals surface area contributed by atoms with Crippen molar-refractivity contribution < 1.29 is 4.79 Å². The summed E-state index contributed by atoms with van der Waals surface area (Å²) in [5, 5.41) is 6.06. The molecule has 1 aromatic rings. The number of carbonyl (C=O) groups excluding carboxylic acids is 1. The van der Waals surface area contributed by atoms with E-state index in [1.165, 1.54) is 5.56 Å². The van der Waals surface area contributed by atoms with Crippen LogP contribution in [0.2, 0.25) is 0 Å². The summed E-state index contributed by atoms with van der Waals surface area (Å²) < 4.78 is 0. The van der Waals surface area contributed by atoms with Crippen LogP contribution in [0, 0.1) is 0 Å². The largest absolute Gasteiger partial charge is 0.353 e. The van der Waals surface area contributed by atoms with Crippen LogP contribution >= 0.6 is 0 Å². The molecular weight excluding hydrogens is 176 g/mol. The molecule has 1 atom stereocenters. The Labute approximate surface area is 83.5 Å². The first kappa shape index (κ1) is 9.21. The highest BCUT2D eigenvalue weighted by atomic mass is 16.2. The smallest absolute Gasteiger partial charge is 0.234 e. The van der Waals surface area contributed by atoms with Gasteiger partial charge in [-0.05, 0) is 12.0 Å². The van der Waals surface area contributed by atoms with Crippen molar-refractivity contribution in [2.75, 3.05) is 13.1 Å². The van der Waals surface area contributed by atoms with Crippen molar-refractivity contribution in [3.05, 3.63) is 35.9 Å². The lowest BCUT2D eigenvalue weighted by atomic mass is 10.0. The number of piperazine rings is 1. The van der Waals surface area contributed by atoms with E-state index in [9.17, 15) is 4.79 Å². The number of hydrogen-bond donors (Lipinski definition) is 2. The standard InChI is InChI=1S/C11H14N2O/c14-11-8-12-10(7-13-11)6-9-4-2-1-3-5-9/h1-5,10,12H,6-8H2,(H,13,14)/t10-/m1/s1. The third-order valence-electron chi connectivity index (χ3n) is 2.42. The predicted molar refractivity (Wildman–Crippen MR) is 54.9 cm³/mol. The minimum atomic E-state index is 0.0920. The van der Waals surface area contributed by atoms with Crippen LogP contribution in [-0.4, -0.2) is 25.0 Å². The van der Waals surface area contributed by atoms with Crippen molar-refractivity contribution in [1.29, 1.82) is 0 Å². The molecule has 0 unspecified atom stereocenters. The summed E-state index contributed by atoms with van der Waals surface area (Å²) in [6.07, 6.45) is 0.973. The van der Waals surface area contributed by atoms with Crippen LogP contribution in [0.1, 0.15) is 5.56 Å². The number of carbonyl (C=O) groups is 1. The maximum Gasteiger partial charge on any atom is 0.234 e. The van der Waals surface area contributed by atoms with Crippen molar-refractivity contribution in [3.8, 4) is 0 Å². The van der Waals surface area contributed by atoms with Crippen molar-refractivity contribution in [2.45, 2.75) is 12.5 Å². The summed E-state index contributed by atoms with van der Waals surface area (Å²) >= 11 is 0. The molecule has 1 aliphatic heterocycles. The lowest BCUT2D eigenvalue weighted by Gasteiger charge is -2.23. The molecule has 1 heterocycles. The van der Waals surface area contributed by atoms with Crippen molar-refractivity contribution in [1.82, 2.24) is 10.6 Å². The SMILES string of the molecule is O=C1CN[C@H](Cc2ccccc2)CN1. The first-order chi connectivity index (χ1) is 6.84. The van der Waals surface area contributed by atoms with E-state index in [1.807, 2.05) is 18.2 Å². The van der Waals surface area contributed by atoms with E-state index >= 15 is 0 Å². The van der Waals surface area contributed by atoms with E-state index in [4.69, 9.17) is 0 Å². The second-order valence-electron chi connectivity index (χ2n) is 3.57. The second-order valence-corrected chi connectivity index (χ2v) is 3.57. The van der Waals surface area contributed by atoms with Crippen LogP contribution in [0.5, 0.6) is 0 Å². The molecule has 0 aliphatic carbocycles. The van der Waals surface area contributed by atoms with Crippen LogP contribution in [0.15, 0.2) is 30.3 Å². The molecule has 14 heavy (non-hydrogen) atoms. The normalized spacial score (nSPS) is 21.7. The highest BCUT2D eigenvalue weighted by Crippen LogP contribution is 2.03. The van der Waals surface area contributed by atoms with Crippen molar-refractivity contribution >= 4 is 5.91 Å². The van der Waals surface area contributed by atoms with Gasteiger partial charge in [0, 0.05) is 12.6 Å². The third-order valence-corrected chi connectivity index (χ3v) is 2.42. The van der Waals surface area contributed by atoms with Crippen LogP contribution in [0.4, 0.5) is 0 Å². The fourth-order valence-corrected chi connectivity index (χ4v) is 1.65. The summed E-state index contributed by atoms with van der Waals surface area (Å²) in [6.45, 7) is 1.17. The van der Waals surface area contributed by atoms with Gasteiger partial charge in [0.2, 0.25) is 5.91 Å². The van der Waals surface area contributed by atoms with E-state index in [1.54, 1.807) is 0 Å². The minimum Gasteiger partial charge on any atom is -0.353 e. The average Bonchev–Trinajstić information content (AvgIpc) is 2.23. The van der Waals surface area contributed by atoms with Gasteiger partial charge in [-0.3, -0.25) is 4.79 Å².